The molecule has 8 nitrogen and oxygen atoms in total. The Bertz CT molecular complexity index is 892. The molecule has 0 radical (unpaired) electrons. The van der Waals surface area contributed by atoms with Crippen LogP contribution >= 0.6 is 0 Å². The van der Waals surface area contributed by atoms with Crippen molar-refractivity contribution in [3.05, 3.63) is 42.0 Å². The summed E-state index contributed by atoms with van der Waals surface area (Å²) in [6, 6.07) is 7.18. The van der Waals surface area contributed by atoms with Gasteiger partial charge in [-0.15, -0.1) is 0 Å². The minimum absolute atomic E-state index is 0.0457. The molecule has 2 unspecified atom stereocenters. The van der Waals surface area contributed by atoms with Crippen LogP contribution in [-0.2, 0) is 14.8 Å². The zero-order valence-electron chi connectivity index (χ0n) is 17.9. The first-order chi connectivity index (χ1) is 14.4. The van der Waals surface area contributed by atoms with Gasteiger partial charge in [-0.3, -0.25) is 4.90 Å². The van der Waals surface area contributed by atoms with Gasteiger partial charge in [-0.25, -0.2) is 18.1 Å². The Kier molecular flexibility index (Phi) is 7.87. The van der Waals surface area contributed by atoms with Crippen molar-refractivity contribution in [3.8, 4) is 0 Å². The van der Waals surface area contributed by atoms with E-state index in [2.05, 4.69) is 19.9 Å². The Labute approximate surface area is 179 Å². The number of aromatic nitrogens is 1. The molecule has 30 heavy (non-hydrogen) atoms. The minimum Gasteiger partial charge on any atom is -0.465 e. The predicted octanol–water partition coefficient (Wildman–Crippen LogP) is 2.94. The summed E-state index contributed by atoms with van der Waals surface area (Å²) < 4.78 is 39.0. The molecule has 2 atom stereocenters. The second-order valence-electron chi connectivity index (χ2n) is 7.68. The first-order valence-corrected chi connectivity index (χ1v) is 12.0. The molecule has 3 heterocycles. The summed E-state index contributed by atoms with van der Waals surface area (Å²) in [4.78, 5) is 6.81. The fourth-order valence-corrected chi connectivity index (χ4v) is 4.82. The van der Waals surface area contributed by atoms with E-state index < -0.39 is 10.0 Å². The molecular weight excluding hydrogens is 404 g/mol. The molecule has 1 fully saturated rings. The van der Waals surface area contributed by atoms with E-state index in [0.29, 0.717) is 25.6 Å². The lowest BCUT2D eigenvalue weighted by Gasteiger charge is -2.33. The molecular formula is C21H32N4O4S. The number of pyridine rings is 1. The van der Waals surface area contributed by atoms with E-state index in [9.17, 15) is 8.42 Å². The van der Waals surface area contributed by atoms with Crippen molar-refractivity contribution in [1.82, 2.24) is 14.6 Å². The Balaban J connectivity index is 1.66. The molecule has 0 aliphatic carbocycles. The molecule has 2 aromatic heterocycles. The zero-order chi connectivity index (χ0) is 21.6. The number of anilines is 1. The predicted molar refractivity (Wildman–Crippen MR) is 116 cm³/mol. The monoisotopic (exact) mass is 436 g/mol. The number of rotatable bonds is 10. The van der Waals surface area contributed by atoms with E-state index in [-0.39, 0.29) is 17.0 Å². The Hall–Kier alpha value is -1.94. The molecule has 1 saturated heterocycles. The standard InChI is InChI=1S/C21H32N4O4S/c1-4-5-16(2)24-30(26,27)18-7-9-21(22-14-18)23-15-19(20-8-6-17(3)29-20)25-10-12-28-13-11-25/h6-9,14,16,19,24H,4-5,10-13,15H2,1-3H3,(H,22,23). The number of furan rings is 1. The number of ether oxygens (including phenoxy) is 1. The highest BCUT2D eigenvalue weighted by molar-refractivity contribution is 7.89. The SMILES string of the molecule is CCCC(C)NS(=O)(=O)c1ccc(NCC(c2ccc(C)o2)N2CCOCC2)nc1. The van der Waals surface area contributed by atoms with Crippen LogP contribution in [0.25, 0.3) is 0 Å². The molecule has 0 aromatic carbocycles. The van der Waals surface area contributed by atoms with Crippen molar-refractivity contribution in [2.75, 3.05) is 38.2 Å². The lowest BCUT2D eigenvalue weighted by molar-refractivity contribution is 0.0143. The van der Waals surface area contributed by atoms with Crippen molar-refractivity contribution in [2.24, 2.45) is 0 Å². The van der Waals surface area contributed by atoms with Gasteiger partial charge in [0, 0.05) is 31.9 Å². The van der Waals surface area contributed by atoms with Gasteiger partial charge in [0.05, 0.1) is 19.3 Å². The average Bonchev–Trinajstić information content (AvgIpc) is 3.15. The normalized spacial score (nSPS) is 17.6. The van der Waals surface area contributed by atoms with Crippen molar-refractivity contribution in [1.29, 1.82) is 0 Å². The second-order valence-corrected chi connectivity index (χ2v) is 9.40. The zero-order valence-corrected chi connectivity index (χ0v) is 18.7. The molecule has 1 aliphatic rings. The van der Waals surface area contributed by atoms with Crippen LogP contribution < -0.4 is 10.0 Å². The highest BCUT2D eigenvalue weighted by atomic mass is 32.2. The summed E-state index contributed by atoms with van der Waals surface area (Å²) in [5.74, 6) is 2.40. The van der Waals surface area contributed by atoms with Gasteiger partial charge in [0.25, 0.3) is 0 Å². The van der Waals surface area contributed by atoms with Crippen LogP contribution in [0.4, 0.5) is 5.82 Å². The minimum atomic E-state index is -3.56. The molecule has 0 spiro atoms. The van der Waals surface area contributed by atoms with Crippen LogP contribution in [0.3, 0.4) is 0 Å². The lowest BCUT2D eigenvalue weighted by Crippen LogP contribution is -2.41. The summed E-state index contributed by atoms with van der Waals surface area (Å²) >= 11 is 0. The fraction of sp³-hybridized carbons (Fsp3) is 0.571. The van der Waals surface area contributed by atoms with Gasteiger partial charge in [-0.1, -0.05) is 13.3 Å². The second kappa shape index (κ2) is 10.4. The van der Waals surface area contributed by atoms with Gasteiger partial charge in [0.1, 0.15) is 22.2 Å². The molecule has 2 aromatic rings. The number of aryl methyl sites for hydroxylation is 1. The van der Waals surface area contributed by atoms with Crippen LogP contribution in [-0.4, -0.2) is 57.2 Å². The van der Waals surface area contributed by atoms with Gasteiger partial charge in [0.2, 0.25) is 10.0 Å². The van der Waals surface area contributed by atoms with Crippen LogP contribution in [0, 0.1) is 6.92 Å². The summed E-state index contributed by atoms with van der Waals surface area (Å²) in [5, 5.41) is 3.32. The summed E-state index contributed by atoms with van der Waals surface area (Å²) in [5.41, 5.74) is 0. The van der Waals surface area contributed by atoms with Crippen LogP contribution in [0.1, 0.15) is 44.3 Å². The van der Waals surface area contributed by atoms with Gasteiger partial charge in [-0.05, 0) is 44.5 Å². The highest BCUT2D eigenvalue weighted by Crippen LogP contribution is 2.24. The maximum Gasteiger partial charge on any atom is 0.242 e. The molecule has 3 rings (SSSR count). The molecule has 2 N–H and O–H groups in total. The number of sulfonamides is 1. The van der Waals surface area contributed by atoms with E-state index in [1.165, 1.54) is 6.20 Å². The Morgan fingerprint density at radius 3 is 2.57 bits per heavy atom. The van der Waals surface area contributed by atoms with Gasteiger partial charge in [0.15, 0.2) is 0 Å². The van der Waals surface area contributed by atoms with Gasteiger partial charge in [-0.2, -0.15) is 0 Å². The average molecular weight is 437 g/mol. The molecule has 9 heteroatoms. The maximum atomic E-state index is 12.5. The third-order valence-electron chi connectivity index (χ3n) is 5.18. The smallest absolute Gasteiger partial charge is 0.242 e. The topological polar surface area (TPSA) is 96.7 Å². The van der Waals surface area contributed by atoms with Gasteiger partial charge >= 0.3 is 0 Å². The van der Waals surface area contributed by atoms with Crippen molar-refractivity contribution in [3.63, 3.8) is 0 Å². The summed E-state index contributed by atoms with van der Waals surface area (Å²) in [6.45, 7) is 9.49. The first kappa shape index (κ1) is 22.7. The van der Waals surface area contributed by atoms with Crippen molar-refractivity contribution >= 4 is 15.8 Å². The highest BCUT2D eigenvalue weighted by Gasteiger charge is 2.25. The number of hydrogen-bond acceptors (Lipinski definition) is 7. The summed E-state index contributed by atoms with van der Waals surface area (Å²) in [7, 11) is -3.56. The number of nitrogens with zero attached hydrogens (tertiary/aromatic N) is 2. The Morgan fingerprint density at radius 2 is 1.97 bits per heavy atom. The van der Waals surface area contributed by atoms with Crippen LogP contribution in [0.5, 0.6) is 0 Å². The third-order valence-corrected chi connectivity index (χ3v) is 6.75. The molecule has 0 bridgehead atoms. The number of morpholine rings is 1. The van der Waals surface area contributed by atoms with E-state index in [1.54, 1.807) is 12.1 Å². The van der Waals surface area contributed by atoms with Crippen LogP contribution in [0.2, 0.25) is 0 Å². The number of hydrogen-bond donors (Lipinski definition) is 2. The molecule has 0 amide bonds. The molecule has 166 valence electrons. The van der Waals surface area contributed by atoms with Crippen molar-refractivity contribution < 1.29 is 17.6 Å². The van der Waals surface area contributed by atoms with E-state index in [4.69, 9.17) is 9.15 Å². The van der Waals surface area contributed by atoms with E-state index >= 15 is 0 Å². The maximum absolute atomic E-state index is 12.5. The Morgan fingerprint density at radius 1 is 1.20 bits per heavy atom. The van der Waals surface area contributed by atoms with Gasteiger partial charge < -0.3 is 14.5 Å². The largest absolute Gasteiger partial charge is 0.465 e. The molecule has 0 saturated carbocycles. The first-order valence-electron chi connectivity index (χ1n) is 10.5. The lowest BCUT2D eigenvalue weighted by atomic mass is 10.1. The number of nitrogens with one attached hydrogen (secondary N) is 2. The quantitative estimate of drug-likeness (QED) is 0.591. The fourth-order valence-electron chi connectivity index (χ4n) is 3.60. The summed E-state index contributed by atoms with van der Waals surface area (Å²) in [6.07, 6.45) is 3.11. The van der Waals surface area contributed by atoms with Crippen LogP contribution in [0.15, 0.2) is 39.8 Å². The third kappa shape index (κ3) is 6.04. The molecule has 1 aliphatic heterocycles. The van der Waals surface area contributed by atoms with E-state index in [1.807, 2.05) is 32.9 Å². The van der Waals surface area contributed by atoms with Crippen molar-refractivity contribution in [2.45, 2.75) is 50.6 Å². The van der Waals surface area contributed by atoms with E-state index in [0.717, 1.165) is 37.5 Å².